The lowest BCUT2D eigenvalue weighted by Gasteiger charge is -2.17. The summed E-state index contributed by atoms with van der Waals surface area (Å²) in [6, 6.07) is 27.4. The molecule has 194 valence electrons. The number of para-hydroxylation sites is 1. The van der Waals surface area contributed by atoms with Crippen LogP contribution in [0.15, 0.2) is 102 Å². The van der Waals surface area contributed by atoms with E-state index < -0.39 is 15.9 Å². The molecule has 4 aromatic carbocycles. The van der Waals surface area contributed by atoms with Crippen LogP contribution in [0, 0.1) is 13.8 Å². The molecule has 8 heteroatoms. The Kier molecular flexibility index (Phi) is 7.93. The van der Waals surface area contributed by atoms with Gasteiger partial charge in [-0.15, -0.1) is 0 Å². The normalized spacial score (nSPS) is 11.9. The summed E-state index contributed by atoms with van der Waals surface area (Å²) in [6.07, 6.45) is 0. The van der Waals surface area contributed by atoms with Crippen LogP contribution in [-0.2, 0) is 10.0 Å². The third-order valence-corrected chi connectivity index (χ3v) is 7.63. The maximum Gasteiger partial charge on any atom is 0.262 e. The number of hydrogen-bond donors (Lipinski definition) is 3. The summed E-state index contributed by atoms with van der Waals surface area (Å²) in [6.45, 7) is 5.46. The molecule has 7 nitrogen and oxygen atoms in total. The average molecular weight is 528 g/mol. The van der Waals surface area contributed by atoms with Crippen LogP contribution < -0.4 is 15.4 Å². The van der Waals surface area contributed by atoms with Crippen molar-refractivity contribution in [3.8, 4) is 0 Å². The van der Waals surface area contributed by atoms with Crippen LogP contribution in [0.3, 0.4) is 0 Å². The van der Waals surface area contributed by atoms with Crippen molar-refractivity contribution in [2.75, 3.05) is 10.0 Å². The number of nitrogens with one attached hydrogen (secondary N) is 3. The monoisotopic (exact) mass is 527 g/mol. The molecule has 0 bridgehead atoms. The van der Waals surface area contributed by atoms with Gasteiger partial charge in [-0.05, 0) is 68.3 Å². The predicted octanol–water partition coefficient (Wildman–Crippen LogP) is 5.85. The fourth-order valence-electron chi connectivity index (χ4n) is 3.95. The van der Waals surface area contributed by atoms with E-state index in [0.29, 0.717) is 22.5 Å². The zero-order valence-corrected chi connectivity index (χ0v) is 22.2. The van der Waals surface area contributed by atoms with E-state index in [1.165, 1.54) is 6.07 Å². The molecule has 0 aliphatic heterocycles. The standard InChI is InChI=1S/C30H29N3O4S/c1-20-13-17-25(18-14-20)33-38(36,37)28-19-24(16-15-21(28)2)29(34)32-27-12-8-7-11-26(27)30(35)31-22(3)23-9-5-4-6-10-23/h4-19,22,33H,1-3H3,(H,31,35)(H,32,34)/t22-/m0/s1. The van der Waals surface area contributed by atoms with Gasteiger partial charge in [0.25, 0.3) is 21.8 Å². The van der Waals surface area contributed by atoms with Gasteiger partial charge >= 0.3 is 0 Å². The van der Waals surface area contributed by atoms with Crippen molar-refractivity contribution in [1.82, 2.24) is 5.32 Å². The van der Waals surface area contributed by atoms with Gasteiger partial charge in [0.05, 0.1) is 22.2 Å². The molecule has 0 unspecified atom stereocenters. The molecule has 0 spiro atoms. The number of anilines is 2. The number of benzene rings is 4. The van der Waals surface area contributed by atoms with Crippen LogP contribution in [0.5, 0.6) is 0 Å². The van der Waals surface area contributed by atoms with Crippen LogP contribution >= 0.6 is 0 Å². The van der Waals surface area contributed by atoms with Crippen molar-refractivity contribution in [2.45, 2.75) is 31.7 Å². The summed E-state index contributed by atoms with van der Waals surface area (Å²) >= 11 is 0. The van der Waals surface area contributed by atoms with E-state index >= 15 is 0 Å². The average Bonchev–Trinajstić information content (AvgIpc) is 2.90. The van der Waals surface area contributed by atoms with Gasteiger partial charge in [-0.25, -0.2) is 8.42 Å². The quantitative estimate of drug-likeness (QED) is 0.267. The second kappa shape index (κ2) is 11.3. The summed E-state index contributed by atoms with van der Waals surface area (Å²) < 4.78 is 28.8. The highest BCUT2D eigenvalue weighted by Gasteiger charge is 2.21. The molecule has 0 fully saturated rings. The molecule has 0 heterocycles. The SMILES string of the molecule is Cc1ccc(NS(=O)(=O)c2cc(C(=O)Nc3ccccc3C(=O)N[C@@H](C)c3ccccc3)ccc2C)cc1. The van der Waals surface area contributed by atoms with Gasteiger partial charge in [-0.1, -0.05) is 66.2 Å². The topological polar surface area (TPSA) is 104 Å². The lowest BCUT2D eigenvalue weighted by molar-refractivity contribution is 0.0940. The Bertz CT molecular complexity index is 1570. The van der Waals surface area contributed by atoms with Crippen LogP contribution in [0.2, 0.25) is 0 Å². The van der Waals surface area contributed by atoms with Crippen LogP contribution in [0.4, 0.5) is 11.4 Å². The molecule has 38 heavy (non-hydrogen) atoms. The highest BCUT2D eigenvalue weighted by Crippen LogP contribution is 2.23. The Balaban J connectivity index is 1.54. The number of rotatable bonds is 8. The second-order valence-corrected chi connectivity index (χ2v) is 10.7. The Hall–Kier alpha value is -4.43. The molecule has 1 atom stereocenters. The molecule has 4 aromatic rings. The number of aryl methyl sites for hydroxylation is 2. The van der Waals surface area contributed by atoms with Crippen molar-refractivity contribution >= 4 is 33.2 Å². The highest BCUT2D eigenvalue weighted by atomic mass is 32.2. The van der Waals surface area contributed by atoms with Gasteiger partial charge in [0.2, 0.25) is 0 Å². The first-order valence-corrected chi connectivity index (χ1v) is 13.6. The maximum atomic E-state index is 13.2. The van der Waals surface area contributed by atoms with Crippen molar-refractivity contribution in [1.29, 1.82) is 0 Å². The Morgan fingerprint density at radius 2 is 1.42 bits per heavy atom. The van der Waals surface area contributed by atoms with Gasteiger partial charge in [0, 0.05) is 11.3 Å². The number of carbonyl (C=O) groups excluding carboxylic acids is 2. The van der Waals surface area contributed by atoms with Gasteiger partial charge in [0.1, 0.15) is 0 Å². The molecule has 0 radical (unpaired) electrons. The van der Waals surface area contributed by atoms with E-state index in [2.05, 4.69) is 15.4 Å². The first-order valence-electron chi connectivity index (χ1n) is 12.1. The van der Waals surface area contributed by atoms with Gasteiger partial charge in [-0.2, -0.15) is 0 Å². The van der Waals surface area contributed by atoms with E-state index in [4.69, 9.17) is 0 Å². The third kappa shape index (κ3) is 6.27. The lowest BCUT2D eigenvalue weighted by atomic mass is 10.1. The van der Waals surface area contributed by atoms with Crippen LogP contribution in [0.25, 0.3) is 0 Å². The maximum absolute atomic E-state index is 13.2. The van der Waals surface area contributed by atoms with E-state index in [-0.39, 0.29) is 22.4 Å². The number of amides is 2. The number of hydrogen-bond acceptors (Lipinski definition) is 4. The van der Waals surface area contributed by atoms with Gasteiger partial charge in [0.15, 0.2) is 0 Å². The van der Waals surface area contributed by atoms with Crippen LogP contribution in [-0.4, -0.2) is 20.2 Å². The number of carbonyl (C=O) groups is 2. The molecular formula is C30H29N3O4S. The number of sulfonamides is 1. The minimum Gasteiger partial charge on any atom is -0.345 e. The van der Waals surface area contributed by atoms with Gasteiger partial charge in [-0.3, -0.25) is 14.3 Å². The van der Waals surface area contributed by atoms with Crippen molar-refractivity contribution in [2.24, 2.45) is 0 Å². The Labute approximate surface area is 223 Å². The third-order valence-electron chi connectivity index (χ3n) is 6.11. The molecule has 0 saturated heterocycles. The Morgan fingerprint density at radius 3 is 2.13 bits per heavy atom. The molecule has 2 amide bonds. The van der Waals surface area contributed by atoms with Crippen molar-refractivity contribution < 1.29 is 18.0 Å². The fourth-order valence-corrected chi connectivity index (χ4v) is 5.28. The van der Waals surface area contributed by atoms with E-state index in [1.807, 2.05) is 56.3 Å². The predicted molar refractivity (Wildman–Crippen MR) is 150 cm³/mol. The van der Waals surface area contributed by atoms with Gasteiger partial charge < -0.3 is 10.6 Å². The highest BCUT2D eigenvalue weighted by molar-refractivity contribution is 7.92. The summed E-state index contributed by atoms with van der Waals surface area (Å²) in [5, 5.41) is 5.71. The summed E-state index contributed by atoms with van der Waals surface area (Å²) in [5.41, 5.74) is 3.64. The molecule has 0 aliphatic carbocycles. The molecule has 3 N–H and O–H groups in total. The minimum absolute atomic E-state index is 0.00607. The van der Waals surface area contributed by atoms with E-state index in [9.17, 15) is 18.0 Å². The zero-order valence-electron chi connectivity index (χ0n) is 21.4. The first kappa shape index (κ1) is 26.6. The molecule has 4 rings (SSSR count). The first-order chi connectivity index (χ1) is 18.1. The molecule has 0 saturated carbocycles. The van der Waals surface area contributed by atoms with Crippen molar-refractivity contribution in [3.05, 3.63) is 125 Å². The second-order valence-electron chi connectivity index (χ2n) is 9.06. The summed E-state index contributed by atoms with van der Waals surface area (Å²) in [4.78, 5) is 26.2. The van der Waals surface area contributed by atoms with E-state index in [0.717, 1.165) is 11.1 Å². The molecule has 0 aliphatic rings. The Morgan fingerprint density at radius 1 is 0.763 bits per heavy atom. The molecular weight excluding hydrogens is 498 g/mol. The zero-order chi connectivity index (χ0) is 27.3. The largest absolute Gasteiger partial charge is 0.345 e. The summed E-state index contributed by atoms with van der Waals surface area (Å²) in [7, 11) is -3.94. The van der Waals surface area contributed by atoms with Crippen LogP contribution in [0.1, 0.15) is 50.4 Å². The molecule has 0 aromatic heterocycles. The fraction of sp³-hybridized carbons (Fsp3) is 0.133. The summed E-state index contributed by atoms with van der Waals surface area (Å²) in [5.74, 6) is -0.875. The van der Waals surface area contributed by atoms with Crippen molar-refractivity contribution in [3.63, 3.8) is 0 Å². The van der Waals surface area contributed by atoms with E-state index in [1.54, 1.807) is 55.5 Å². The smallest absolute Gasteiger partial charge is 0.262 e. The minimum atomic E-state index is -3.94. The lowest BCUT2D eigenvalue weighted by Crippen LogP contribution is -2.28.